The van der Waals surface area contributed by atoms with E-state index in [9.17, 15) is 0 Å². The van der Waals surface area contributed by atoms with E-state index in [1.807, 2.05) is 6.92 Å². The first kappa shape index (κ1) is 13.4. The van der Waals surface area contributed by atoms with Crippen LogP contribution in [0.25, 0.3) is 11.0 Å². The third kappa shape index (κ3) is 2.85. The molecule has 0 fully saturated rings. The molecule has 0 radical (unpaired) electrons. The second-order valence-electron chi connectivity index (χ2n) is 4.36. The summed E-state index contributed by atoms with van der Waals surface area (Å²) in [6.07, 6.45) is 0.983. The molecule has 3 nitrogen and oxygen atoms in total. The molecule has 1 heterocycles. The minimum Gasteiger partial charge on any atom is -0.382 e. The van der Waals surface area contributed by atoms with Gasteiger partial charge in [-0.15, -0.1) is 11.6 Å². The van der Waals surface area contributed by atoms with Gasteiger partial charge in [-0.05, 0) is 38.0 Å². The van der Waals surface area contributed by atoms with E-state index in [-0.39, 0.29) is 0 Å². The molecular weight excluding hydrogens is 248 g/mol. The molecule has 0 saturated carbocycles. The normalized spacial score (nSPS) is 11.3. The number of benzene rings is 1. The highest BCUT2D eigenvalue weighted by Gasteiger charge is 2.09. The number of imidazole rings is 1. The van der Waals surface area contributed by atoms with Crippen molar-refractivity contribution in [2.45, 2.75) is 32.7 Å². The van der Waals surface area contributed by atoms with Crippen molar-refractivity contribution in [3.8, 4) is 0 Å². The van der Waals surface area contributed by atoms with Crippen LogP contribution in [0.4, 0.5) is 0 Å². The summed E-state index contributed by atoms with van der Waals surface area (Å²) in [5.41, 5.74) is 3.43. The van der Waals surface area contributed by atoms with Gasteiger partial charge in [0.1, 0.15) is 5.82 Å². The Morgan fingerprint density at radius 3 is 2.94 bits per heavy atom. The number of halogens is 1. The van der Waals surface area contributed by atoms with Gasteiger partial charge in [0.15, 0.2) is 0 Å². The zero-order valence-corrected chi connectivity index (χ0v) is 11.7. The Labute approximate surface area is 113 Å². The van der Waals surface area contributed by atoms with Crippen LogP contribution in [0.3, 0.4) is 0 Å². The van der Waals surface area contributed by atoms with Crippen LogP contribution in [0.15, 0.2) is 18.2 Å². The summed E-state index contributed by atoms with van der Waals surface area (Å²) in [7, 11) is 0. The average molecular weight is 267 g/mol. The zero-order valence-electron chi connectivity index (χ0n) is 10.9. The van der Waals surface area contributed by atoms with Gasteiger partial charge in [0.25, 0.3) is 0 Å². The quantitative estimate of drug-likeness (QED) is 0.591. The number of hydrogen-bond acceptors (Lipinski definition) is 2. The number of alkyl halides is 1. The molecule has 0 saturated heterocycles. The van der Waals surface area contributed by atoms with Gasteiger partial charge in [-0.25, -0.2) is 4.98 Å². The topological polar surface area (TPSA) is 27.1 Å². The summed E-state index contributed by atoms with van der Waals surface area (Å²) in [6.45, 7) is 6.56. The summed E-state index contributed by atoms with van der Waals surface area (Å²) < 4.78 is 7.58. The lowest BCUT2D eigenvalue weighted by Gasteiger charge is -2.08. The summed E-state index contributed by atoms with van der Waals surface area (Å²) >= 11 is 5.97. The lowest BCUT2D eigenvalue weighted by atomic mass is 10.2. The molecule has 0 bridgehead atoms. The number of aryl methyl sites for hydroxylation is 2. The number of aromatic nitrogens is 2. The molecule has 1 aromatic heterocycles. The smallest absolute Gasteiger partial charge is 0.124 e. The predicted molar refractivity (Wildman–Crippen MR) is 75.1 cm³/mol. The first-order valence-electron chi connectivity index (χ1n) is 6.35. The van der Waals surface area contributed by atoms with E-state index in [1.165, 1.54) is 11.1 Å². The van der Waals surface area contributed by atoms with Crippen molar-refractivity contribution in [1.82, 2.24) is 9.55 Å². The SMILES string of the molecule is CCOCCCn1c(CCl)nc2ccc(C)cc21. The molecular formula is C14H19ClN2O. The number of rotatable bonds is 6. The average Bonchev–Trinajstić information content (AvgIpc) is 2.72. The molecule has 0 amide bonds. The second kappa shape index (κ2) is 6.21. The first-order chi connectivity index (χ1) is 8.76. The van der Waals surface area contributed by atoms with Crippen LogP contribution < -0.4 is 0 Å². The molecule has 18 heavy (non-hydrogen) atoms. The van der Waals surface area contributed by atoms with Crippen LogP contribution in [0.1, 0.15) is 24.7 Å². The van der Waals surface area contributed by atoms with E-state index in [0.717, 1.165) is 37.5 Å². The molecule has 2 rings (SSSR count). The largest absolute Gasteiger partial charge is 0.382 e. The molecule has 1 aromatic carbocycles. The Hall–Kier alpha value is -1.06. The van der Waals surface area contributed by atoms with Gasteiger partial charge in [0.05, 0.1) is 16.9 Å². The van der Waals surface area contributed by atoms with Crippen LogP contribution in [-0.4, -0.2) is 22.8 Å². The van der Waals surface area contributed by atoms with Crippen molar-refractivity contribution >= 4 is 22.6 Å². The predicted octanol–water partition coefficient (Wildman–Crippen LogP) is 3.51. The minimum atomic E-state index is 0.447. The number of ether oxygens (including phenoxy) is 1. The maximum atomic E-state index is 5.97. The van der Waals surface area contributed by atoms with Crippen molar-refractivity contribution < 1.29 is 4.74 Å². The van der Waals surface area contributed by atoms with Crippen LogP contribution in [-0.2, 0) is 17.2 Å². The Bertz CT molecular complexity index is 522. The molecule has 0 aliphatic carbocycles. The standard InChI is InChI=1S/C14H19ClN2O/c1-3-18-8-4-7-17-13-9-11(2)5-6-12(13)16-14(17)10-15/h5-6,9H,3-4,7-8,10H2,1-2H3. The molecule has 0 N–H and O–H groups in total. The fraction of sp³-hybridized carbons (Fsp3) is 0.500. The Balaban J connectivity index is 2.25. The van der Waals surface area contributed by atoms with Crippen LogP contribution in [0, 0.1) is 6.92 Å². The summed E-state index contributed by atoms with van der Waals surface area (Å²) in [5, 5.41) is 0. The van der Waals surface area contributed by atoms with Crippen molar-refractivity contribution in [3.63, 3.8) is 0 Å². The minimum absolute atomic E-state index is 0.447. The van der Waals surface area contributed by atoms with Crippen molar-refractivity contribution in [2.24, 2.45) is 0 Å². The highest BCUT2D eigenvalue weighted by Crippen LogP contribution is 2.19. The molecule has 0 aliphatic heterocycles. The molecule has 0 spiro atoms. The fourth-order valence-electron chi connectivity index (χ4n) is 2.10. The highest BCUT2D eigenvalue weighted by molar-refractivity contribution is 6.16. The highest BCUT2D eigenvalue weighted by atomic mass is 35.5. The number of nitrogens with zero attached hydrogens (tertiary/aromatic N) is 2. The third-order valence-corrected chi connectivity index (χ3v) is 3.22. The van der Waals surface area contributed by atoms with E-state index in [1.54, 1.807) is 0 Å². The van der Waals surface area contributed by atoms with Gasteiger partial charge in [-0.2, -0.15) is 0 Å². The van der Waals surface area contributed by atoms with Crippen molar-refractivity contribution in [2.75, 3.05) is 13.2 Å². The van der Waals surface area contributed by atoms with Crippen molar-refractivity contribution in [3.05, 3.63) is 29.6 Å². The lowest BCUT2D eigenvalue weighted by molar-refractivity contribution is 0.142. The van der Waals surface area contributed by atoms with Crippen LogP contribution in [0.2, 0.25) is 0 Å². The van der Waals surface area contributed by atoms with E-state index in [0.29, 0.717) is 5.88 Å². The Morgan fingerprint density at radius 2 is 2.22 bits per heavy atom. The van der Waals surface area contributed by atoms with Crippen molar-refractivity contribution in [1.29, 1.82) is 0 Å². The van der Waals surface area contributed by atoms with Gasteiger partial charge in [-0.3, -0.25) is 0 Å². The lowest BCUT2D eigenvalue weighted by Crippen LogP contribution is -2.05. The fourth-order valence-corrected chi connectivity index (χ4v) is 2.31. The van der Waals surface area contributed by atoms with Crippen LogP contribution in [0.5, 0.6) is 0 Å². The number of fused-ring (bicyclic) bond motifs is 1. The molecule has 2 aromatic rings. The first-order valence-corrected chi connectivity index (χ1v) is 6.89. The van der Waals surface area contributed by atoms with E-state index >= 15 is 0 Å². The van der Waals surface area contributed by atoms with Gasteiger partial charge >= 0.3 is 0 Å². The van der Waals surface area contributed by atoms with E-state index in [4.69, 9.17) is 16.3 Å². The molecule has 4 heteroatoms. The summed E-state index contributed by atoms with van der Waals surface area (Å²) in [5.74, 6) is 1.39. The van der Waals surface area contributed by atoms with E-state index in [2.05, 4.69) is 34.7 Å². The zero-order chi connectivity index (χ0) is 13.0. The molecule has 0 atom stereocenters. The van der Waals surface area contributed by atoms with Gasteiger partial charge < -0.3 is 9.30 Å². The second-order valence-corrected chi connectivity index (χ2v) is 4.62. The van der Waals surface area contributed by atoms with Gasteiger partial charge in [0, 0.05) is 19.8 Å². The maximum absolute atomic E-state index is 5.97. The Kier molecular flexibility index (Phi) is 4.61. The van der Waals surface area contributed by atoms with E-state index < -0.39 is 0 Å². The molecule has 98 valence electrons. The van der Waals surface area contributed by atoms with Gasteiger partial charge in [-0.1, -0.05) is 6.07 Å². The van der Waals surface area contributed by atoms with Crippen LogP contribution >= 0.6 is 11.6 Å². The summed E-state index contributed by atoms with van der Waals surface area (Å²) in [6, 6.07) is 6.30. The maximum Gasteiger partial charge on any atom is 0.124 e. The molecule has 0 unspecified atom stereocenters. The summed E-state index contributed by atoms with van der Waals surface area (Å²) in [4.78, 5) is 4.56. The monoisotopic (exact) mass is 266 g/mol. The molecule has 0 aliphatic rings. The third-order valence-electron chi connectivity index (χ3n) is 2.98. The van der Waals surface area contributed by atoms with Gasteiger partial charge in [0.2, 0.25) is 0 Å². The Morgan fingerprint density at radius 1 is 1.39 bits per heavy atom. The number of hydrogen-bond donors (Lipinski definition) is 0.